The minimum Gasteiger partial charge on any atom is -0.508 e. The largest absolute Gasteiger partial charge is 0.508 e. The molecule has 6 nitrogen and oxygen atoms in total. The van der Waals surface area contributed by atoms with Gasteiger partial charge in [0.1, 0.15) is 11.8 Å². The van der Waals surface area contributed by atoms with Crippen molar-refractivity contribution < 1.29 is 24.9 Å². The number of carbonyl (C=O) groups is 2. The van der Waals surface area contributed by atoms with Gasteiger partial charge in [-0.2, -0.15) is 5.26 Å². The molecule has 0 aliphatic carbocycles. The van der Waals surface area contributed by atoms with Gasteiger partial charge in [-0.25, -0.2) is 9.59 Å². The Morgan fingerprint density at radius 1 is 1.24 bits per heavy atom. The van der Waals surface area contributed by atoms with Gasteiger partial charge < -0.3 is 15.3 Å². The van der Waals surface area contributed by atoms with Crippen LogP contribution in [0, 0.1) is 11.3 Å². The summed E-state index contributed by atoms with van der Waals surface area (Å²) < 4.78 is 0. The zero-order valence-corrected chi connectivity index (χ0v) is 8.41. The molecule has 0 amide bonds. The van der Waals surface area contributed by atoms with Crippen LogP contribution in [0.4, 0.5) is 0 Å². The summed E-state index contributed by atoms with van der Waals surface area (Å²) >= 11 is 0. The molecule has 0 aliphatic rings. The van der Waals surface area contributed by atoms with E-state index in [0.717, 1.165) is 6.07 Å². The first-order valence-corrected chi connectivity index (χ1v) is 4.37. The Hall–Kier alpha value is -2.81. The number of phenolic OH excluding ortho intramolecular Hbond substituents is 1. The van der Waals surface area contributed by atoms with Crippen LogP contribution in [0.25, 0.3) is 5.57 Å². The summed E-state index contributed by atoms with van der Waals surface area (Å²) in [6.07, 6.45) is 0.610. The molecule has 0 bridgehead atoms. The Labute approximate surface area is 95.7 Å². The lowest BCUT2D eigenvalue weighted by Crippen LogP contribution is -2.02. The zero-order chi connectivity index (χ0) is 13.0. The Morgan fingerprint density at radius 3 is 2.35 bits per heavy atom. The van der Waals surface area contributed by atoms with Crippen molar-refractivity contribution in [1.82, 2.24) is 0 Å². The van der Waals surface area contributed by atoms with Gasteiger partial charge in [0, 0.05) is 11.6 Å². The second-order valence-electron chi connectivity index (χ2n) is 3.04. The van der Waals surface area contributed by atoms with Gasteiger partial charge in [0.05, 0.1) is 11.1 Å². The molecule has 0 unspecified atom stereocenters. The lowest BCUT2D eigenvalue weighted by molar-refractivity contribution is -0.131. The van der Waals surface area contributed by atoms with Crippen molar-refractivity contribution >= 4 is 17.5 Å². The molecular formula is C11H7NO5. The number of aliphatic carboxylic acids is 1. The highest BCUT2D eigenvalue weighted by atomic mass is 16.4. The van der Waals surface area contributed by atoms with E-state index in [1.165, 1.54) is 12.1 Å². The smallest absolute Gasteiger partial charge is 0.336 e. The van der Waals surface area contributed by atoms with Crippen molar-refractivity contribution in [3.05, 3.63) is 35.4 Å². The number of rotatable bonds is 3. The summed E-state index contributed by atoms with van der Waals surface area (Å²) in [4.78, 5) is 21.4. The van der Waals surface area contributed by atoms with Crippen molar-refractivity contribution in [2.75, 3.05) is 0 Å². The second kappa shape index (κ2) is 4.81. The van der Waals surface area contributed by atoms with Crippen LogP contribution in [0.15, 0.2) is 24.3 Å². The summed E-state index contributed by atoms with van der Waals surface area (Å²) in [6.45, 7) is 0. The summed E-state index contributed by atoms with van der Waals surface area (Å²) in [5.74, 6) is -2.99. The van der Waals surface area contributed by atoms with Gasteiger partial charge in [0.25, 0.3) is 0 Å². The molecule has 0 atom stereocenters. The van der Waals surface area contributed by atoms with Gasteiger partial charge >= 0.3 is 11.9 Å². The summed E-state index contributed by atoms with van der Waals surface area (Å²) in [5, 5.41) is 35.3. The molecule has 6 heteroatoms. The molecule has 0 saturated heterocycles. The highest BCUT2D eigenvalue weighted by molar-refractivity contribution is 6.01. The lowest BCUT2D eigenvalue weighted by atomic mass is 10.00. The van der Waals surface area contributed by atoms with Gasteiger partial charge in [-0.15, -0.1) is 0 Å². The lowest BCUT2D eigenvalue weighted by Gasteiger charge is -2.04. The molecule has 0 heterocycles. The predicted molar refractivity (Wildman–Crippen MR) is 56.3 cm³/mol. The Balaban J connectivity index is 3.45. The molecule has 0 spiro atoms. The van der Waals surface area contributed by atoms with Crippen LogP contribution in [0.3, 0.4) is 0 Å². The highest BCUT2D eigenvalue weighted by Crippen LogP contribution is 2.23. The average Bonchev–Trinajstić information content (AvgIpc) is 2.25. The van der Waals surface area contributed by atoms with Gasteiger partial charge in [-0.1, -0.05) is 0 Å². The van der Waals surface area contributed by atoms with Crippen LogP contribution in [-0.4, -0.2) is 27.3 Å². The molecule has 3 N–H and O–H groups in total. The molecule has 1 aromatic rings. The van der Waals surface area contributed by atoms with Crippen molar-refractivity contribution in [3.8, 4) is 11.8 Å². The molecule has 0 radical (unpaired) electrons. The topological polar surface area (TPSA) is 119 Å². The Kier molecular flexibility index (Phi) is 3.47. The van der Waals surface area contributed by atoms with Crippen LogP contribution in [-0.2, 0) is 4.79 Å². The fourth-order valence-electron chi connectivity index (χ4n) is 1.24. The fourth-order valence-corrected chi connectivity index (χ4v) is 1.24. The number of hydrogen-bond acceptors (Lipinski definition) is 4. The maximum absolute atomic E-state index is 10.9. The molecular weight excluding hydrogens is 226 g/mol. The number of allylic oxidation sites excluding steroid dienone is 1. The number of aromatic carboxylic acids is 1. The van der Waals surface area contributed by atoms with E-state index in [1.54, 1.807) is 6.07 Å². The van der Waals surface area contributed by atoms with Gasteiger partial charge in [-0.3, -0.25) is 0 Å². The summed E-state index contributed by atoms with van der Waals surface area (Å²) in [6, 6.07) is 4.90. The first-order chi connectivity index (χ1) is 7.95. The number of nitrogens with zero attached hydrogens (tertiary/aromatic N) is 1. The van der Waals surface area contributed by atoms with E-state index in [2.05, 4.69) is 0 Å². The average molecular weight is 233 g/mol. The molecule has 1 aromatic carbocycles. The van der Waals surface area contributed by atoms with E-state index in [9.17, 15) is 9.59 Å². The minimum atomic E-state index is -1.36. The first-order valence-electron chi connectivity index (χ1n) is 4.37. The van der Waals surface area contributed by atoms with Crippen LogP contribution < -0.4 is 0 Å². The van der Waals surface area contributed by atoms with Crippen molar-refractivity contribution in [2.45, 2.75) is 0 Å². The number of hydrogen-bond donors (Lipinski definition) is 3. The predicted octanol–water partition coefficient (Wildman–Crippen LogP) is 1.08. The molecule has 1 rings (SSSR count). The van der Waals surface area contributed by atoms with Crippen LogP contribution >= 0.6 is 0 Å². The normalized spacial score (nSPS) is 10.6. The van der Waals surface area contributed by atoms with E-state index in [4.69, 9.17) is 20.6 Å². The number of nitriles is 1. The van der Waals surface area contributed by atoms with Gasteiger partial charge in [-0.05, 0) is 18.2 Å². The monoisotopic (exact) mass is 233 g/mol. The number of phenols is 1. The molecule has 86 valence electrons. The highest BCUT2D eigenvalue weighted by Gasteiger charge is 2.15. The molecule has 17 heavy (non-hydrogen) atoms. The molecule has 0 aliphatic heterocycles. The number of carboxylic acids is 2. The molecule has 0 fully saturated rings. The minimum absolute atomic E-state index is 0.0554. The standard InChI is InChI=1S/C11H7NO5/c12-5-6(3-10(14)15)8-2-1-7(13)4-9(8)11(16)17/h1-4,13H,(H,14,15)(H,16,17). The van der Waals surface area contributed by atoms with Crippen LogP contribution in [0.5, 0.6) is 5.75 Å². The number of carboxylic acid groups (broad SMARTS) is 2. The van der Waals surface area contributed by atoms with Gasteiger partial charge in [0.2, 0.25) is 0 Å². The Morgan fingerprint density at radius 2 is 1.88 bits per heavy atom. The van der Waals surface area contributed by atoms with E-state index in [-0.39, 0.29) is 22.4 Å². The van der Waals surface area contributed by atoms with Gasteiger partial charge in [0.15, 0.2) is 0 Å². The maximum Gasteiger partial charge on any atom is 0.336 e. The third-order valence-electron chi connectivity index (χ3n) is 1.91. The van der Waals surface area contributed by atoms with E-state index >= 15 is 0 Å². The maximum atomic E-state index is 10.9. The number of benzene rings is 1. The summed E-state index contributed by atoms with van der Waals surface area (Å²) in [5.41, 5.74) is -0.686. The van der Waals surface area contributed by atoms with E-state index < -0.39 is 11.9 Å². The summed E-state index contributed by atoms with van der Waals surface area (Å²) in [7, 11) is 0. The van der Waals surface area contributed by atoms with Crippen LogP contribution in [0.1, 0.15) is 15.9 Å². The third kappa shape index (κ3) is 2.82. The molecule has 0 aromatic heterocycles. The third-order valence-corrected chi connectivity index (χ3v) is 1.91. The zero-order valence-electron chi connectivity index (χ0n) is 8.41. The SMILES string of the molecule is N#CC(=CC(=O)O)c1ccc(O)cc1C(=O)O. The first kappa shape index (κ1) is 12.3. The molecule has 0 saturated carbocycles. The Bertz CT molecular complexity index is 553. The number of aromatic hydroxyl groups is 1. The van der Waals surface area contributed by atoms with E-state index in [1.807, 2.05) is 0 Å². The van der Waals surface area contributed by atoms with Crippen molar-refractivity contribution in [2.24, 2.45) is 0 Å². The van der Waals surface area contributed by atoms with Crippen LogP contribution in [0.2, 0.25) is 0 Å². The van der Waals surface area contributed by atoms with Crippen molar-refractivity contribution in [3.63, 3.8) is 0 Å². The van der Waals surface area contributed by atoms with E-state index in [0.29, 0.717) is 6.08 Å². The van der Waals surface area contributed by atoms with Crippen molar-refractivity contribution in [1.29, 1.82) is 5.26 Å². The second-order valence-corrected chi connectivity index (χ2v) is 3.04. The fraction of sp³-hybridized carbons (Fsp3) is 0. The quantitative estimate of drug-likeness (QED) is 0.531.